The number of fused-ring (bicyclic) bond motifs is 2. The van der Waals surface area contributed by atoms with Gasteiger partial charge in [-0.3, -0.25) is 4.40 Å². The maximum atomic E-state index is 4.97. The van der Waals surface area contributed by atoms with Crippen LogP contribution in [0.1, 0.15) is 67.7 Å². The molecule has 0 N–H and O–H groups in total. The summed E-state index contributed by atoms with van der Waals surface area (Å²) in [5.74, 6) is 0.479. The van der Waals surface area contributed by atoms with Crippen LogP contribution in [0, 0.1) is 20.8 Å². The molecular weight excluding hydrogens is 358 g/mol. The van der Waals surface area contributed by atoms with Gasteiger partial charge in [0.25, 0.3) is 0 Å². The van der Waals surface area contributed by atoms with E-state index in [0.29, 0.717) is 5.92 Å². The maximum Gasteiger partial charge on any atom is 0.158 e. The Labute approximate surface area is 172 Å². The SMILES string of the molecule is C=C(C)c1cccn2c(-c3c(C)nc4c(C(CC)CC)cc(C)nn34)c(C)nc12. The first kappa shape index (κ1) is 19.4. The molecule has 5 nitrogen and oxygen atoms in total. The van der Waals surface area contributed by atoms with Crippen molar-refractivity contribution in [3.05, 3.63) is 59.2 Å². The van der Waals surface area contributed by atoms with Gasteiger partial charge in [-0.25, -0.2) is 14.5 Å². The molecular formula is C24H29N5. The number of pyridine rings is 1. The Morgan fingerprint density at radius 2 is 1.69 bits per heavy atom. The lowest BCUT2D eigenvalue weighted by Crippen LogP contribution is -2.06. The number of imidazole rings is 2. The van der Waals surface area contributed by atoms with Crippen LogP contribution in [-0.2, 0) is 0 Å². The minimum atomic E-state index is 0.479. The van der Waals surface area contributed by atoms with Crippen LogP contribution in [0.15, 0.2) is 31.0 Å². The van der Waals surface area contributed by atoms with Crippen LogP contribution < -0.4 is 0 Å². The van der Waals surface area contributed by atoms with Crippen molar-refractivity contribution in [3.63, 3.8) is 0 Å². The predicted octanol–water partition coefficient (Wildman–Crippen LogP) is 5.91. The third-order valence-corrected chi connectivity index (χ3v) is 5.84. The van der Waals surface area contributed by atoms with Gasteiger partial charge in [-0.05, 0) is 70.2 Å². The number of rotatable bonds is 5. The molecule has 0 bridgehead atoms. The van der Waals surface area contributed by atoms with E-state index in [1.807, 2.05) is 11.4 Å². The van der Waals surface area contributed by atoms with E-state index in [2.05, 4.69) is 70.0 Å². The molecule has 4 aromatic rings. The molecule has 0 spiro atoms. The van der Waals surface area contributed by atoms with Crippen LogP contribution >= 0.6 is 0 Å². The lowest BCUT2D eigenvalue weighted by atomic mass is 9.95. The molecule has 29 heavy (non-hydrogen) atoms. The second kappa shape index (κ2) is 7.14. The molecule has 150 valence electrons. The van der Waals surface area contributed by atoms with Gasteiger partial charge in [0.1, 0.15) is 11.3 Å². The fourth-order valence-electron chi connectivity index (χ4n) is 4.38. The maximum absolute atomic E-state index is 4.97. The van der Waals surface area contributed by atoms with Gasteiger partial charge in [-0.15, -0.1) is 0 Å². The average molecular weight is 388 g/mol. The normalized spacial score (nSPS) is 11.8. The Bertz CT molecular complexity index is 1240. The Morgan fingerprint density at radius 3 is 2.34 bits per heavy atom. The highest BCUT2D eigenvalue weighted by atomic mass is 15.3. The Morgan fingerprint density at radius 1 is 1.03 bits per heavy atom. The minimum absolute atomic E-state index is 0.479. The number of aryl methyl sites for hydroxylation is 3. The van der Waals surface area contributed by atoms with E-state index >= 15 is 0 Å². The highest BCUT2D eigenvalue weighted by Gasteiger charge is 2.23. The predicted molar refractivity (Wildman–Crippen MR) is 119 cm³/mol. The van der Waals surface area contributed by atoms with Crippen molar-refractivity contribution in [2.24, 2.45) is 0 Å². The van der Waals surface area contributed by atoms with Crippen molar-refractivity contribution in [2.45, 2.75) is 60.3 Å². The second-order valence-electron chi connectivity index (χ2n) is 7.98. The lowest BCUT2D eigenvalue weighted by Gasteiger charge is -2.15. The van der Waals surface area contributed by atoms with Gasteiger partial charge in [-0.1, -0.05) is 20.4 Å². The number of allylic oxidation sites excluding steroid dienone is 1. The zero-order chi connectivity index (χ0) is 20.9. The second-order valence-corrected chi connectivity index (χ2v) is 7.98. The summed E-state index contributed by atoms with van der Waals surface area (Å²) in [6.45, 7) is 16.8. The zero-order valence-corrected chi connectivity index (χ0v) is 18.2. The molecule has 5 heteroatoms. The fourth-order valence-corrected chi connectivity index (χ4v) is 4.38. The van der Waals surface area contributed by atoms with E-state index in [9.17, 15) is 0 Å². The van der Waals surface area contributed by atoms with Gasteiger partial charge in [0, 0.05) is 17.3 Å². The molecule has 0 unspecified atom stereocenters. The van der Waals surface area contributed by atoms with E-state index in [-0.39, 0.29) is 0 Å². The summed E-state index contributed by atoms with van der Waals surface area (Å²) in [5.41, 5.74) is 10.2. The summed E-state index contributed by atoms with van der Waals surface area (Å²) in [6, 6.07) is 6.32. The third kappa shape index (κ3) is 2.96. The molecule has 0 aromatic carbocycles. The number of aromatic nitrogens is 5. The Kier molecular flexibility index (Phi) is 4.77. The van der Waals surface area contributed by atoms with E-state index in [1.165, 1.54) is 5.56 Å². The van der Waals surface area contributed by atoms with E-state index < -0.39 is 0 Å². The summed E-state index contributed by atoms with van der Waals surface area (Å²) in [4.78, 5) is 9.86. The summed E-state index contributed by atoms with van der Waals surface area (Å²) in [7, 11) is 0. The number of nitrogens with zero attached hydrogens (tertiary/aromatic N) is 5. The Balaban J connectivity index is 2.08. The zero-order valence-electron chi connectivity index (χ0n) is 18.2. The van der Waals surface area contributed by atoms with Gasteiger partial charge in [-0.2, -0.15) is 5.10 Å². The third-order valence-electron chi connectivity index (χ3n) is 5.84. The minimum Gasteiger partial charge on any atom is -0.297 e. The van der Waals surface area contributed by atoms with Gasteiger partial charge in [0.15, 0.2) is 5.65 Å². The van der Waals surface area contributed by atoms with Crippen molar-refractivity contribution in [2.75, 3.05) is 0 Å². The molecule has 0 fully saturated rings. The molecule has 4 heterocycles. The first-order chi connectivity index (χ1) is 13.9. The summed E-state index contributed by atoms with van der Waals surface area (Å²) in [5, 5.41) is 4.87. The van der Waals surface area contributed by atoms with Gasteiger partial charge in [0.05, 0.1) is 22.8 Å². The topological polar surface area (TPSA) is 47.5 Å². The van der Waals surface area contributed by atoms with Crippen molar-refractivity contribution < 1.29 is 0 Å². The molecule has 0 atom stereocenters. The average Bonchev–Trinajstić information content (AvgIpc) is 3.17. The molecule has 0 saturated carbocycles. The number of hydrogen-bond donors (Lipinski definition) is 0. The molecule has 4 aromatic heterocycles. The Hall–Kier alpha value is -2.95. The monoisotopic (exact) mass is 387 g/mol. The standard InChI is InChI=1S/C24H29N5/c1-8-18(9-2)20-13-15(5)27-29-22(17(7)26-24(20)29)21-16(6)25-23-19(14(3)4)11-10-12-28(21)23/h10-13,18H,3,8-9H2,1-2,4-7H3. The highest BCUT2D eigenvalue weighted by Crippen LogP contribution is 2.34. The summed E-state index contributed by atoms with van der Waals surface area (Å²) >= 11 is 0. The molecule has 0 saturated heterocycles. The van der Waals surface area contributed by atoms with Gasteiger partial charge in [0.2, 0.25) is 0 Å². The lowest BCUT2D eigenvalue weighted by molar-refractivity contribution is 0.638. The van der Waals surface area contributed by atoms with E-state index in [1.54, 1.807) is 0 Å². The van der Waals surface area contributed by atoms with Crippen LogP contribution in [0.5, 0.6) is 0 Å². The van der Waals surface area contributed by atoms with Crippen LogP contribution in [0.2, 0.25) is 0 Å². The van der Waals surface area contributed by atoms with Crippen molar-refractivity contribution in [3.8, 4) is 11.4 Å². The molecule has 0 aliphatic carbocycles. The smallest absolute Gasteiger partial charge is 0.158 e. The summed E-state index contributed by atoms with van der Waals surface area (Å²) < 4.78 is 4.18. The quantitative estimate of drug-likeness (QED) is 0.428. The van der Waals surface area contributed by atoms with Crippen molar-refractivity contribution >= 4 is 16.9 Å². The first-order valence-corrected chi connectivity index (χ1v) is 10.4. The molecule has 0 radical (unpaired) electrons. The molecule has 0 amide bonds. The first-order valence-electron chi connectivity index (χ1n) is 10.4. The van der Waals surface area contributed by atoms with Gasteiger partial charge < -0.3 is 0 Å². The number of hydrogen-bond acceptors (Lipinski definition) is 3. The van der Waals surface area contributed by atoms with Crippen molar-refractivity contribution in [1.82, 2.24) is 24.0 Å². The van der Waals surface area contributed by atoms with Crippen LogP contribution in [0.25, 0.3) is 28.3 Å². The van der Waals surface area contributed by atoms with Crippen molar-refractivity contribution in [1.29, 1.82) is 0 Å². The van der Waals surface area contributed by atoms with Crippen LogP contribution in [0.3, 0.4) is 0 Å². The largest absolute Gasteiger partial charge is 0.297 e. The van der Waals surface area contributed by atoms with Crippen LogP contribution in [-0.4, -0.2) is 24.0 Å². The van der Waals surface area contributed by atoms with E-state index in [4.69, 9.17) is 15.1 Å². The highest BCUT2D eigenvalue weighted by molar-refractivity contribution is 5.78. The molecule has 4 rings (SSSR count). The van der Waals surface area contributed by atoms with E-state index in [0.717, 1.165) is 63.7 Å². The van der Waals surface area contributed by atoms with Gasteiger partial charge >= 0.3 is 0 Å². The fraction of sp³-hybridized carbons (Fsp3) is 0.375. The molecule has 0 aliphatic heterocycles. The van der Waals surface area contributed by atoms with Crippen LogP contribution in [0.4, 0.5) is 0 Å². The summed E-state index contributed by atoms with van der Waals surface area (Å²) in [6.07, 6.45) is 4.24. The molecule has 0 aliphatic rings.